The Bertz CT molecular complexity index is 1260. The third kappa shape index (κ3) is 3.88. The van der Waals surface area contributed by atoms with E-state index in [9.17, 15) is 14.9 Å². The summed E-state index contributed by atoms with van der Waals surface area (Å²) in [5.41, 5.74) is 2.15. The summed E-state index contributed by atoms with van der Waals surface area (Å²) in [5.74, 6) is 0.325. The van der Waals surface area contributed by atoms with E-state index < -0.39 is 10.8 Å². The van der Waals surface area contributed by atoms with Crippen LogP contribution in [0.2, 0.25) is 0 Å². The molecule has 4 rings (SSSR count). The first-order valence-electron chi connectivity index (χ1n) is 9.18. The second-order valence-electron chi connectivity index (χ2n) is 6.50. The lowest BCUT2D eigenvalue weighted by molar-refractivity contribution is -0.385. The number of aromatic nitrogens is 1. The van der Waals surface area contributed by atoms with Crippen molar-refractivity contribution in [2.24, 2.45) is 0 Å². The van der Waals surface area contributed by atoms with E-state index in [0.29, 0.717) is 34.0 Å². The topological polar surface area (TPSA) is 117 Å². The van der Waals surface area contributed by atoms with Gasteiger partial charge in [0.15, 0.2) is 11.3 Å². The zero-order chi connectivity index (χ0) is 22.0. The molecule has 9 nitrogen and oxygen atoms in total. The normalized spacial score (nSPS) is 10.6. The number of methoxy groups -OCH3 is 2. The maximum absolute atomic E-state index is 12.8. The van der Waals surface area contributed by atoms with E-state index in [0.717, 1.165) is 6.07 Å². The van der Waals surface area contributed by atoms with Crippen LogP contribution in [0.15, 0.2) is 65.1 Å². The minimum absolute atomic E-state index is 0.0667. The van der Waals surface area contributed by atoms with E-state index in [1.165, 1.54) is 26.4 Å². The highest BCUT2D eigenvalue weighted by atomic mass is 16.6. The van der Waals surface area contributed by atoms with Crippen LogP contribution in [0.4, 0.5) is 11.4 Å². The number of oxazole rings is 1. The molecule has 0 aliphatic heterocycles. The molecule has 4 aromatic rings. The maximum Gasteiger partial charge on any atom is 0.311 e. The molecular formula is C22H17N3O6. The molecule has 9 heteroatoms. The van der Waals surface area contributed by atoms with Crippen LogP contribution < -0.4 is 14.8 Å². The highest BCUT2D eigenvalue weighted by Crippen LogP contribution is 2.33. The van der Waals surface area contributed by atoms with Gasteiger partial charge in [0.1, 0.15) is 11.3 Å². The quantitative estimate of drug-likeness (QED) is 0.356. The predicted molar refractivity (Wildman–Crippen MR) is 114 cm³/mol. The molecule has 0 spiro atoms. The van der Waals surface area contributed by atoms with Crippen molar-refractivity contribution in [2.45, 2.75) is 0 Å². The van der Waals surface area contributed by atoms with Crippen molar-refractivity contribution in [3.63, 3.8) is 0 Å². The van der Waals surface area contributed by atoms with Crippen LogP contribution >= 0.6 is 0 Å². The Kier molecular flexibility index (Phi) is 5.23. The van der Waals surface area contributed by atoms with Gasteiger partial charge in [0.25, 0.3) is 5.91 Å². The lowest BCUT2D eigenvalue weighted by atomic mass is 10.1. The maximum atomic E-state index is 12.8. The fraction of sp³-hybridized carbons (Fsp3) is 0.0909. The average Bonchev–Trinajstić information content (AvgIpc) is 3.22. The van der Waals surface area contributed by atoms with Crippen molar-refractivity contribution in [3.8, 4) is 23.0 Å². The molecule has 1 N–H and O–H groups in total. The smallest absolute Gasteiger partial charge is 0.311 e. The molecule has 156 valence electrons. The Morgan fingerprint density at radius 1 is 1.03 bits per heavy atom. The monoisotopic (exact) mass is 419 g/mol. The van der Waals surface area contributed by atoms with Crippen LogP contribution in [0, 0.1) is 10.1 Å². The third-order valence-corrected chi connectivity index (χ3v) is 4.63. The molecule has 1 aromatic heterocycles. The minimum Gasteiger partial charge on any atom is -0.495 e. The average molecular weight is 419 g/mol. The van der Waals surface area contributed by atoms with Crippen molar-refractivity contribution in [3.05, 3.63) is 76.3 Å². The van der Waals surface area contributed by atoms with Gasteiger partial charge in [0, 0.05) is 17.2 Å². The number of benzene rings is 3. The number of fused-ring (bicyclic) bond motifs is 1. The van der Waals surface area contributed by atoms with E-state index in [1.807, 2.05) is 24.3 Å². The van der Waals surface area contributed by atoms with Gasteiger partial charge in [-0.1, -0.05) is 12.1 Å². The van der Waals surface area contributed by atoms with Gasteiger partial charge in [0.05, 0.1) is 24.8 Å². The molecule has 1 heterocycles. The fourth-order valence-electron chi connectivity index (χ4n) is 3.10. The lowest BCUT2D eigenvalue weighted by Gasteiger charge is -2.12. The number of hydrogen-bond acceptors (Lipinski definition) is 7. The Balaban J connectivity index is 1.67. The van der Waals surface area contributed by atoms with Gasteiger partial charge in [-0.25, -0.2) is 4.98 Å². The number of hydrogen-bond donors (Lipinski definition) is 1. The van der Waals surface area contributed by atoms with Gasteiger partial charge in [-0.2, -0.15) is 0 Å². The van der Waals surface area contributed by atoms with Crippen molar-refractivity contribution >= 4 is 28.4 Å². The Morgan fingerprint density at radius 3 is 2.48 bits per heavy atom. The summed E-state index contributed by atoms with van der Waals surface area (Å²) in [7, 11) is 2.80. The Hall–Kier alpha value is -4.40. The van der Waals surface area contributed by atoms with Crippen LogP contribution in [0.5, 0.6) is 11.5 Å². The number of carbonyl (C=O) groups excluding carboxylic acids is 1. The molecule has 3 aromatic carbocycles. The van der Waals surface area contributed by atoms with Gasteiger partial charge in [-0.15, -0.1) is 0 Å². The van der Waals surface area contributed by atoms with Crippen molar-refractivity contribution in [2.75, 3.05) is 19.5 Å². The SMILES string of the molecule is COc1ccc(-c2nc3ccccc3o2)cc1NC(=O)c1ccc(OC)c([N+](=O)[O-])c1. The number of nitro benzene ring substituents is 1. The minimum atomic E-state index is -0.607. The summed E-state index contributed by atoms with van der Waals surface area (Å²) >= 11 is 0. The second kappa shape index (κ2) is 8.15. The lowest BCUT2D eigenvalue weighted by Crippen LogP contribution is -2.13. The van der Waals surface area contributed by atoms with Crippen molar-refractivity contribution in [1.29, 1.82) is 0 Å². The number of para-hydroxylation sites is 2. The molecule has 0 aliphatic carbocycles. The van der Waals surface area contributed by atoms with E-state index in [1.54, 1.807) is 18.2 Å². The second-order valence-corrected chi connectivity index (χ2v) is 6.50. The molecule has 0 radical (unpaired) electrons. The first kappa shape index (κ1) is 19.9. The molecule has 0 bridgehead atoms. The first-order valence-corrected chi connectivity index (χ1v) is 9.18. The highest BCUT2D eigenvalue weighted by Gasteiger charge is 2.19. The zero-order valence-electron chi connectivity index (χ0n) is 16.6. The summed E-state index contributed by atoms with van der Waals surface area (Å²) in [6, 6.07) is 16.4. The largest absolute Gasteiger partial charge is 0.495 e. The van der Waals surface area contributed by atoms with Gasteiger partial charge >= 0.3 is 5.69 Å². The van der Waals surface area contributed by atoms with Crippen LogP contribution in [-0.4, -0.2) is 30.0 Å². The van der Waals surface area contributed by atoms with Crippen molar-refractivity contribution in [1.82, 2.24) is 4.98 Å². The zero-order valence-corrected chi connectivity index (χ0v) is 16.6. The van der Waals surface area contributed by atoms with Crippen LogP contribution in [-0.2, 0) is 0 Å². The van der Waals surface area contributed by atoms with E-state index in [-0.39, 0.29) is 17.0 Å². The van der Waals surface area contributed by atoms with Crippen molar-refractivity contribution < 1.29 is 23.6 Å². The summed E-state index contributed by atoms with van der Waals surface area (Å²) in [6.07, 6.45) is 0. The molecule has 0 aliphatic rings. The number of carbonyl (C=O) groups is 1. The molecule has 31 heavy (non-hydrogen) atoms. The molecule has 1 amide bonds. The number of amides is 1. The summed E-state index contributed by atoms with van der Waals surface area (Å²) in [6.45, 7) is 0. The summed E-state index contributed by atoms with van der Waals surface area (Å²) in [5, 5.41) is 14.0. The van der Waals surface area contributed by atoms with E-state index >= 15 is 0 Å². The van der Waals surface area contributed by atoms with E-state index in [2.05, 4.69) is 10.3 Å². The summed E-state index contributed by atoms with van der Waals surface area (Å²) < 4.78 is 16.1. The van der Waals surface area contributed by atoms with Gasteiger partial charge in [-0.3, -0.25) is 14.9 Å². The molecule has 0 unspecified atom stereocenters. The predicted octanol–water partition coefficient (Wildman–Crippen LogP) is 4.67. The first-order chi connectivity index (χ1) is 15.0. The van der Waals surface area contributed by atoms with Gasteiger partial charge in [0.2, 0.25) is 5.89 Å². The molecule has 0 saturated carbocycles. The number of nitrogens with one attached hydrogen (secondary N) is 1. The highest BCUT2D eigenvalue weighted by molar-refractivity contribution is 6.06. The number of rotatable bonds is 6. The fourth-order valence-corrected chi connectivity index (χ4v) is 3.10. The standard InChI is InChI=1S/C22H17N3O6/c1-29-18-9-8-14(22-24-15-5-3-4-6-19(15)31-22)11-16(18)23-21(26)13-7-10-20(30-2)17(12-13)25(27)28/h3-12H,1-2H3,(H,23,26). The van der Waals surface area contributed by atoms with Gasteiger partial charge in [-0.05, 0) is 42.5 Å². The van der Waals surface area contributed by atoms with E-state index in [4.69, 9.17) is 13.9 Å². The molecule has 0 saturated heterocycles. The molecular weight excluding hydrogens is 402 g/mol. The summed E-state index contributed by atoms with van der Waals surface area (Å²) in [4.78, 5) is 27.9. The number of nitrogens with zero attached hydrogens (tertiary/aromatic N) is 2. The number of anilines is 1. The number of ether oxygens (including phenoxy) is 2. The van der Waals surface area contributed by atoms with Crippen LogP contribution in [0.25, 0.3) is 22.6 Å². The molecule has 0 fully saturated rings. The van der Waals surface area contributed by atoms with Crippen LogP contribution in [0.3, 0.4) is 0 Å². The number of nitro groups is 1. The van der Waals surface area contributed by atoms with Crippen LogP contribution in [0.1, 0.15) is 10.4 Å². The van der Waals surface area contributed by atoms with Gasteiger partial charge < -0.3 is 19.2 Å². The Labute approximate surface area is 176 Å². The Morgan fingerprint density at radius 2 is 1.77 bits per heavy atom. The third-order valence-electron chi connectivity index (χ3n) is 4.63. The molecule has 0 atom stereocenters.